The molecule has 246 valence electrons. The van der Waals surface area contributed by atoms with Crippen LogP contribution in [0.15, 0.2) is 18.2 Å². The van der Waals surface area contributed by atoms with E-state index in [9.17, 15) is 30.0 Å². The van der Waals surface area contributed by atoms with Crippen molar-refractivity contribution in [2.24, 2.45) is 11.7 Å². The molecule has 1 aliphatic rings. The van der Waals surface area contributed by atoms with Gasteiger partial charge < -0.3 is 45.5 Å². The first-order valence-electron chi connectivity index (χ1n) is 15.1. The normalized spacial score (nSPS) is 22.6. The number of nitrogens with one attached hydrogen (secondary N) is 1. The number of primary amides is 1. The standard InChI is InChI=1S/C31H47N3O10/c1-17(2)25-23(30(34-33-25)44-31-28(40)27(39)26(38)24(16-36)43-31)14-19-9-10-22(12-18(19)3)42-11-7-5-4-6-8-21(37)13-20(15-35)29(32)41/h9-10,12,17,20,24,26-28,31,35-36,38-40H,4-8,11,13-16H2,1-3H3,(H2,32,41)(H,33,34)/t20-,24+,26+,27-,28+,31-/m0/s1. The molecule has 8 N–H and O–H groups in total. The van der Waals surface area contributed by atoms with E-state index in [1.807, 2.05) is 39.0 Å². The Balaban J connectivity index is 1.53. The molecule has 1 saturated heterocycles. The fourth-order valence-electron chi connectivity index (χ4n) is 5.13. The number of nitrogens with two attached hydrogens (primary N) is 1. The van der Waals surface area contributed by atoms with Gasteiger partial charge in [-0.05, 0) is 48.9 Å². The first-order valence-corrected chi connectivity index (χ1v) is 15.1. The third kappa shape index (κ3) is 9.46. The number of hydrogen-bond donors (Lipinski definition) is 7. The lowest BCUT2D eigenvalue weighted by atomic mass is 9.96. The first kappa shape index (κ1) is 35.4. The Hall–Kier alpha value is -3.07. The van der Waals surface area contributed by atoms with Crippen LogP contribution in [0.2, 0.25) is 0 Å². The van der Waals surface area contributed by atoms with Gasteiger partial charge in [-0.2, -0.15) is 0 Å². The van der Waals surface area contributed by atoms with E-state index >= 15 is 0 Å². The van der Waals surface area contributed by atoms with E-state index in [1.165, 1.54) is 0 Å². The summed E-state index contributed by atoms with van der Waals surface area (Å²) in [5.41, 5.74) is 8.76. The number of benzene rings is 1. The number of amides is 1. The van der Waals surface area contributed by atoms with Crippen LogP contribution >= 0.6 is 0 Å². The van der Waals surface area contributed by atoms with E-state index in [0.29, 0.717) is 25.9 Å². The van der Waals surface area contributed by atoms with Gasteiger partial charge in [0, 0.05) is 30.5 Å². The number of hydrogen-bond acceptors (Lipinski definition) is 11. The Morgan fingerprint density at radius 2 is 1.80 bits per heavy atom. The smallest absolute Gasteiger partial charge is 0.238 e. The van der Waals surface area contributed by atoms with Gasteiger partial charge in [-0.3, -0.25) is 14.7 Å². The van der Waals surface area contributed by atoms with Gasteiger partial charge in [-0.15, -0.1) is 5.10 Å². The molecule has 0 spiro atoms. The highest BCUT2D eigenvalue weighted by Gasteiger charge is 2.45. The minimum atomic E-state index is -1.56. The molecule has 0 radical (unpaired) electrons. The van der Waals surface area contributed by atoms with Gasteiger partial charge >= 0.3 is 0 Å². The number of carbonyl (C=O) groups is 2. The second-order valence-electron chi connectivity index (χ2n) is 11.7. The summed E-state index contributed by atoms with van der Waals surface area (Å²) in [6.45, 7) is 5.54. The fourth-order valence-corrected chi connectivity index (χ4v) is 5.13. The number of rotatable bonds is 18. The van der Waals surface area contributed by atoms with Crippen molar-refractivity contribution in [2.45, 2.75) is 102 Å². The van der Waals surface area contributed by atoms with Gasteiger partial charge in [0.1, 0.15) is 35.9 Å². The summed E-state index contributed by atoms with van der Waals surface area (Å²) >= 11 is 0. The summed E-state index contributed by atoms with van der Waals surface area (Å²) in [6.07, 6.45) is -2.96. The number of aryl methyl sites for hydroxylation is 1. The Bertz CT molecular complexity index is 1220. The Morgan fingerprint density at radius 1 is 1.07 bits per heavy atom. The molecule has 44 heavy (non-hydrogen) atoms. The van der Waals surface area contributed by atoms with Gasteiger partial charge in [0.05, 0.1) is 25.7 Å². The molecule has 6 atom stereocenters. The van der Waals surface area contributed by atoms with Crippen molar-refractivity contribution in [1.29, 1.82) is 0 Å². The van der Waals surface area contributed by atoms with Crippen molar-refractivity contribution < 1.29 is 49.3 Å². The molecule has 13 heteroatoms. The SMILES string of the molecule is Cc1cc(OCCCCCCC(=O)C[C@@H](CO)C(N)=O)ccc1Cc1c(O[C@@H]2O[C@H](CO)[C@@H](O)[C@H](O)[C@H]2O)n[nH]c1C(C)C. The summed E-state index contributed by atoms with van der Waals surface area (Å²) in [5, 5.41) is 56.6. The maximum atomic E-state index is 12.0. The summed E-state index contributed by atoms with van der Waals surface area (Å²) in [6, 6.07) is 5.82. The molecular formula is C31H47N3O10. The number of ketones is 1. The minimum Gasteiger partial charge on any atom is -0.494 e. The number of carbonyl (C=O) groups excluding carboxylic acids is 2. The highest BCUT2D eigenvalue weighted by molar-refractivity contribution is 5.86. The van der Waals surface area contributed by atoms with E-state index < -0.39 is 55.7 Å². The van der Waals surface area contributed by atoms with Gasteiger partial charge in [0.15, 0.2) is 0 Å². The van der Waals surface area contributed by atoms with E-state index in [2.05, 4.69) is 10.2 Å². The zero-order valence-electron chi connectivity index (χ0n) is 25.6. The highest BCUT2D eigenvalue weighted by Crippen LogP contribution is 2.32. The Labute approximate surface area is 257 Å². The summed E-state index contributed by atoms with van der Waals surface area (Å²) in [5.74, 6) is -0.530. The molecule has 1 aromatic heterocycles. The van der Waals surface area contributed by atoms with Crippen molar-refractivity contribution in [3.8, 4) is 11.6 Å². The summed E-state index contributed by atoms with van der Waals surface area (Å²) < 4.78 is 17.3. The maximum Gasteiger partial charge on any atom is 0.238 e. The maximum absolute atomic E-state index is 12.0. The van der Waals surface area contributed by atoms with Crippen LogP contribution in [-0.4, -0.2) is 97.9 Å². The lowest BCUT2D eigenvalue weighted by Crippen LogP contribution is -2.60. The average Bonchev–Trinajstić information content (AvgIpc) is 3.38. The van der Waals surface area contributed by atoms with Crippen LogP contribution < -0.4 is 15.2 Å². The van der Waals surface area contributed by atoms with Crippen LogP contribution in [0.5, 0.6) is 11.6 Å². The topological polar surface area (TPSA) is 218 Å². The van der Waals surface area contributed by atoms with Gasteiger partial charge in [0.25, 0.3) is 0 Å². The van der Waals surface area contributed by atoms with Gasteiger partial charge in [0.2, 0.25) is 18.1 Å². The molecule has 1 amide bonds. The van der Waals surface area contributed by atoms with E-state index in [-0.39, 0.29) is 24.0 Å². The minimum absolute atomic E-state index is 0.0176. The Morgan fingerprint density at radius 3 is 2.43 bits per heavy atom. The van der Waals surface area contributed by atoms with E-state index in [0.717, 1.165) is 47.4 Å². The zero-order valence-corrected chi connectivity index (χ0v) is 25.6. The number of aliphatic hydroxyl groups excluding tert-OH is 5. The van der Waals surface area contributed by atoms with Crippen LogP contribution in [0.4, 0.5) is 0 Å². The molecule has 0 unspecified atom stereocenters. The largest absolute Gasteiger partial charge is 0.494 e. The second kappa shape index (κ2) is 16.8. The molecule has 1 aliphatic heterocycles. The Kier molecular flexibility index (Phi) is 13.6. The number of aromatic nitrogens is 2. The monoisotopic (exact) mass is 621 g/mol. The van der Waals surface area contributed by atoms with Crippen LogP contribution in [0.3, 0.4) is 0 Å². The number of nitrogens with zero attached hydrogens (tertiary/aromatic N) is 1. The van der Waals surface area contributed by atoms with Crippen LogP contribution in [0.25, 0.3) is 0 Å². The highest BCUT2D eigenvalue weighted by atomic mass is 16.7. The molecule has 2 aromatic rings. The fraction of sp³-hybridized carbons (Fsp3) is 0.645. The lowest BCUT2D eigenvalue weighted by Gasteiger charge is -2.39. The van der Waals surface area contributed by atoms with E-state index in [4.69, 9.17) is 25.1 Å². The molecule has 1 aromatic carbocycles. The molecule has 0 bridgehead atoms. The molecule has 13 nitrogen and oxygen atoms in total. The molecular weight excluding hydrogens is 574 g/mol. The van der Waals surface area contributed by atoms with Crippen LogP contribution in [0.1, 0.15) is 80.7 Å². The number of H-pyrrole nitrogens is 1. The van der Waals surface area contributed by atoms with Crippen LogP contribution in [-0.2, 0) is 20.7 Å². The number of Topliss-reactive ketones (excluding diaryl/α,β-unsaturated/α-hetero) is 1. The second-order valence-corrected chi connectivity index (χ2v) is 11.7. The summed E-state index contributed by atoms with van der Waals surface area (Å²) in [4.78, 5) is 23.1. The number of aliphatic hydroxyl groups is 5. The van der Waals surface area contributed by atoms with Crippen molar-refractivity contribution in [3.05, 3.63) is 40.6 Å². The quantitative estimate of drug-likeness (QED) is 0.116. The molecule has 2 heterocycles. The van der Waals surface area contributed by atoms with Crippen molar-refractivity contribution >= 4 is 11.7 Å². The average molecular weight is 622 g/mol. The van der Waals surface area contributed by atoms with Gasteiger partial charge in [-0.25, -0.2) is 0 Å². The first-order chi connectivity index (χ1) is 21.0. The lowest BCUT2D eigenvalue weighted by molar-refractivity contribution is -0.278. The van der Waals surface area contributed by atoms with Crippen molar-refractivity contribution in [2.75, 3.05) is 19.8 Å². The molecule has 1 fully saturated rings. The third-order valence-electron chi connectivity index (χ3n) is 7.91. The number of aromatic amines is 1. The predicted molar refractivity (Wildman–Crippen MR) is 159 cm³/mol. The van der Waals surface area contributed by atoms with Gasteiger partial charge in [-0.1, -0.05) is 32.8 Å². The molecule has 3 rings (SSSR count). The van der Waals surface area contributed by atoms with Crippen molar-refractivity contribution in [3.63, 3.8) is 0 Å². The molecule has 0 saturated carbocycles. The summed E-state index contributed by atoms with van der Waals surface area (Å²) in [7, 11) is 0. The number of ether oxygens (including phenoxy) is 3. The molecule has 0 aliphatic carbocycles. The zero-order chi connectivity index (χ0) is 32.4. The van der Waals surface area contributed by atoms with E-state index in [1.54, 1.807) is 0 Å². The number of unbranched alkanes of at least 4 members (excludes halogenated alkanes) is 3. The third-order valence-corrected chi connectivity index (χ3v) is 7.91. The predicted octanol–water partition coefficient (Wildman–Crippen LogP) is 0.993. The van der Waals surface area contributed by atoms with Crippen LogP contribution in [0, 0.1) is 12.8 Å². The van der Waals surface area contributed by atoms with Crippen molar-refractivity contribution in [1.82, 2.24) is 10.2 Å².